The van der Waals surface area contributed by atoms with E-state index in [0.29, 0.717) is 39.1 Å². The molecule has 0 bridgehead atoms. The highest BCUT2D eigenvalue weighted by molar-refractivity contribution is 5.76. The number of likely N-dealkylation sites (N-methyl/N-ethyl adjacent to an activating group) is 1. The van der Waals surface area contributed by atoms with Gasteiger partial charge in [0.25, 0.3) is 0 Å². The van der Waals surface area contributed by atoms with E-state index in [1.165, 1.54) is 5.69 Å². The second kappa shape index (κ2) is 9.78. The molecule has 0 spiro atoms. The van der Waals surface area contributed by atoms with Crippen LogP contribution in [0.4, 0.5) is 10.5 Å². The van der Waals surface area contributed by atoms with Gasteiger partial charge in [0.05, 0.1) is 12.5 Å². The topological polar surface area (TPSA) is 65.1 Å². The van der Waals surface area contributed by atoms with Gasteiger partial charge in [0.2, 0.25) is 0 Å². The van der Waals surface area contributed by atoms with E-state index in [2.05, 4.69) is 40.4 Å². The zero-order valence-electron chi connectivity index (χ0n) is 17.0. The normalized spacial score (nSPS) is 18.8. The molecule has 7 heteroatoms. The molecule has 2 aliphatic heterocycles. The first-order valence-electron chi connectivity index (χ1n) is 10.3. The van der Waals surface area contributed by atoms with Gasteiger partial charge in [0.15, 0.2) is 0 Å². The molecule has 0 aromatic heterocycles. The number of piperazine rings is 1. The Balaban J connectivity index is 1.51. The molecule has 2 amide bonds. The minimum atomic E-state index is -0.135. The van der Waals surface area contributed by atoms with Crippen molar-refractivity contribution in [2.24, 2.45) is 5.92 Å². The summed E-state index contributed by atoms with van der Waals surface area (Å²) in [4.78, 5) is 31.0. The number of anilines is 1. The molecule has 0 unspecified atom stereocenters. The third kappa shape index (κ3) is 5.16. The van der Waals surface area contributed by atoms with Crippen LogP contribution in [0.2, 0.25) is 0 Å². The molecule has 2 heterocycles. The monoisotopic (exact) mass is 388 g/mol. The Morgan fingerprint density at radius 1 is 1.07 bits per heavy atom. The molecule has 28 heavy (non-hydrogen) atoms. The van der Waals surface area contributed by atoms with Crippen LogP contribution in [-0.2, 0) is 16.1 Å². The molecule has 1 aromatic carbocycles. The maximum absolute atomic E-state index is 12.6. The first kappa shape index (κ1) is 20.5. The van der Waals surface area contributed by atoms with Gasteiger partial charge in [0, 0.05) is 51.5 Å². The van der Waals surface area contributed by atoms with Crippen molar-refractivity contribution in [2.45, 2.75) is 26.3 Å². The fraction of sp³-hybridized carbons (Fsp3) is 0.619. The molecule has 7 nitrogen and oxygen atoms in total. The number of benzene rings is 1. The third-order valence-electron chi connectivity index (χ3n) is 5.67. The van der Waals surface area contributed by atoms with Crippen molar-refractivity contribution in [3.8, 4) is 0 Å². The SMILES string of the molecule is CCOC(=O)C1CCN(C(=O)NCc2ccccc2N2CCN(C)CC2)CC1. The summed E-state index contributed by atoms with van der Waals surface area (Å²) in [5, 5.41) is 3.06. The van der Waals surface area contributed by atoms with E-state index >= 15 is 0 Å². The van der Waals surface area contributed by atoms with Crippen molar-refractivity contribution in [3.63, 3.8) is 0 Å². The van der Waals surface area contributed by atoms with Gasteiger partial charge in [-0.2, -0.15) is 0 Å². The number of ether oxygens (including phenoxy) is 1. The van der Waals surface area contributed by atoms with Crippen LogP contribution in [-0.4, -0.2) is 74.7 Å². The van der Waals surface area contributed by atoms with Crippen molar-refractivity contribution < 1.29 is 14.3 Å². The fourth-order valence-electron chi connectivity index (χ4n) is 3.88. The van der Waals surface area contributed by atoms with Crippen LogP contribution in [0.3, 0.4) is 0 Å². The minimum absolute atomic E-state index is 0.0597. The van der Waals surface area contributed by atoms with Gasteiger partial charge in [0.1, 0.15) is 0 Å². The lowest BCUT2D eigenvalue weighted by atomic mass is 9.97. The standard InChI is InChI=1S/C21H32N4O3/c1-3-28-20(26)17-8-10-25(11-9-17)21(27)22-16-18-6-4-5-7-19(18)24-14-12-23(2)13-15-24/h4-7,17H,3,8-16H2,1-2H3,(H,22,27). The molecule has 3 rings (SSSR count). The number of carbonyl (C=O) groups excluding carboxylic acids is 2. The minimum Gasteiger partial charge on any atom is -0.466 e. The molecule has 2 aliphatic rings. The van der Waals surface area contributed by atoms with Crippen LogP contribution in [0.5, 0.6) is 0 Å². The quantitative estimate of drug-likeness (QED) is 0.781. The molecule has 154 valence electrons. The highest BCUT2D eigenvalue weighted by atomic mass is 16.5. The Hall–Kier alpha value is -2.28. The number of nitrogens with one attached hydrogen (secondary N) is 1. The number of likely N-dealkylation sites (tertiary alicyclic amines) is 1. The number of urea groups is 1. The van der Waals surface area contributed by atoms with E-state index < -0.39 is 0 Å². The van der Waals surface area contributed by atoms with E-state index in [4.69, 9.17) is 4.74 Å². The van der Waals surface area contributed by atoms with Gasteiger partial charge in [-0.05, 0) is 38.4 Å². The zero-order chi connectivity index (χ0) is 19.9. The van der Waals surface area contributed by atoms with Gasteiger partial charge in [-0.25, -0.2) is 4.79 Å². The largest absolute Gasteiger partial charge is 0.466 e. The predicted molar refractivity (Wildman–Crippen MR) is 109 cm³/mol. The summed E-state index contributed by atoms with van der Waals surface area (Å²) >= 11 is 0. The van der Waals surface area contributed by atoms with Gasteiger partial charge in [-0.3, -0.25) is 4.79 Å². The molecule has 2 fully saturated rings. The van der Waals surface area contributed by atoms with Gasteiger partial charge in [-0.1, -0.05) is 18.2 Å². The summed E-state index contributed by atoms with van der Waals surface area (Å²) in [6, 6.07) is 8.24. The molecule has 2 saturated heterocycles. The Labute approximate surface area is 167 Å². The number of esters is 1. The number of para-hydroxylation sites is 1. The summed E-state index contributed by atoms with van der Waals surface area (Å²) in [7, 11) is 2.15. The summed E-state index contributed by atoms with van der Waals surface area (Å²) < 4.78 is 5.09. The van der Waals surface area contributed by atoms with Gasteiger partial charge < -0.3 is 24.8 Å². The highest BCUT2D eigenvalue weighted by Gasteiger charge is 2.28. The first-order chi connectivity index (χ1) is 13.6. The maximum atomic E-state index is 12.6. The number of nitrogens with zero attached hydrogens (tertiary/aromatic N) is 3. The molecular weight excluding hydrogens is 356 g/mol. The number of piperidine rings is 1. The number of amides is 2. The van der Waals surface area contributed by atoms with Gasteiger partial charge in [-0.15, -0.1) is 0 Å². The van der Waals surface area contributed by atoms with Crippen LogP contribution in [0.15, 0.2) is 24.3 Å². The lowest BCUT2D eigenvalue weighted by Gasteiger charge is -2.35. The maximum Gasteiger partial charge on any atom is 0.317 e. The van der Waals surface area contributed by atoms with Crippen molar-refractivity contribution in [1.82, 2.24) is 15.1 Å². The summed E-state index contributed by atoms with van der Waals surface area (Å²) in [6.07, 6.45) is 1.34. The van der Waals surface area contributed by atoms with Crippen molar-refractivity contribution >= 4 is 17.7 Å². The lowest BCUT2D eigenvalue weighted by molar-refractivity contribution is -0.149. The number of carbonyl (C=O) groups is 2. The van der Waals surface area contributed by atoms with Crippen LogP contribution in [0.25, 0.3) is 0 Å². The van der Waals surface area contributed by atoms with E-state index in [0.717, 1.165) is 31.7 Å². The molecule has 0 aliphatic carbocycles. The Morgan fingerprint density at radius 2 is 1.75 bits per heavy atom. The highest BCUT2D eigenvalue weighted by Crippen LogP contribution is 2.22. The molecule has 1 N–H and O–H groups in total. The predicted octanol–water partition coefficient (Wildman–Crippen LogP) is 1.92. The van der Waals surface area contributed by atoms with E-state index in [1.807, 2.05) is 13.0 Å². The molecule has 0 radical (unpaired) electrons. The summed E-state index contributed by atoms with van der Waals surface area (Å²) in [5.41, 5.74) is 2.35. The number of hydrogen-bond donors (Lipinski definition) is 1. The second-order valence-corrected chi connectivity index (χ2v) is 7.59. The molecular formula is C21H32N4O3. The van der Waals surface area contributed by atoms with Crippen molar-refractivity contribution in [3.05, 3.63) is 29.8 Å². The van der Waals surface area contributed by atoms with Crippen molar-refractivity contribution in [1.29, 1.82) is 0 Å². The third-order valence-corrected chi connectivity index (χ3v) is 5.67. The van der Waals surface area contributed by atoms with E-state index in [9.17, 15) is 9.59 Å². The average Bonchev–Trinajstić information content (AvgIpc) is 2.73. The Bertz CT molecular complexity index is 665. The smallest absolute Gasteiger partial charge is 0.317 e. The number of rotatable bonds is 5. The Kier molecular flexibility index (Phi) is 7.14. The van der Waals surface area contributed by atoms with E-state index in [-0.39, 0.29) is 17.9 Å². The molecule has 0 atom stereocenters. The number of hydrogen-bond acceptors (Lipinski definition) is 5. The van der Waals surface area contributed by atoms with Crippen LogP contribution in [0, 0.1) is 5.92 Å². The Morgan fingerprint density at radius 3 is 2.43 bits per heavy atom. The zero-order valence-corrected chi connectivity index (χ0v) is 17.0. The van der Waals surface area contributed by atoms with Crippen LogP contribution < -0.4 is 10.2 Å². The second-order valence-electron chi connectivity index (χ2n) is 7.59. The van der Waals surface area contributed by atoms with Crippen LogP contribution in [0.1, 0.15) is 25.3 Å². The molecule has 1 aromatic rings. The van der Waals surface area contributed by atoms with Crippen LogP contribution >= 0.6 is 0 Å². The van der Waals surface area contributed by atoms with Gasteiger partial charge >= 0.3 is 12.0 Å². The first-order valence-corrected chi connectivity index (χ1v) is 10.3. The lowest BCUT2D eigenvalue weighted by Crippen LogP contribution is -2.46. The summed E-state index contributed by atoms with van der Waals surface area (Å²) in [6.45, 7) is 8.04. The fourth-order valence-corrected chi connectivity index (χ4v) is 3.88. The van der Waals surface area contributed by atoms with E-state index in [1.54, 1.807) is 4.90 Å². The summed E-state index contributed by atoms with van der Waals surface area (Å²) in [5.74, 6) is -0.217. The van der Waals surface area contributed by atoms with Crippen molar-refractivity contribution in [2.75, 3.05) is 57.8 Å². The molecule has 0 saturated carbocycles. The average molecular weight is 389 g/mol.